The summed E-state index contributed by atoms with van der Waals surface area (Å²) in [6.45, 7) is 4.66. The predicted octanol–water partition coefficient (Wildman–Crippen LogP) is 1.66. The average Bonchev–Trinajstić information content (AvgIpc) is 2.31. The number of pyridine rings is 1. The van der Waals surface area contributed by atoms with Crippen LogP contribution in [0.2, 0.25) is 0 Å². The van der Waals surface area contributed by atoms with E-state index in [1.165, 1.54) is 0 Å². The van der Waals surface area contributed by atoms with E-state index in [2.05, 4.69) is 21.0 Å². The standard InChI is InChI=1S/C13H16N4/c1-9-5-10(2)12(15-6-9)13-16-7-11(3-4-14)8-17-13/h5-8H,3-4,14H2,1-2H3. The molecule has 0 saturated heterocycles. The van der Waals surface area contributed by atoms with Crippen LogP contribution in [-0.2, 0) is 6.42 Å². The van der Waals surface area contributed by atoms with Crippen LogP contribution in [0.15, 0.2) is 24.7 Å². The molecule has 4 heteroatoms. The Labute approximate surface area is 101 Å². The molecular weight excluding hydrogens is 212 g/mol. The Balaban J connectivity index is 2.33. The lowest BCUT2D eigenvalue weighted by molar-refractivity contribution is 0.941. The van der Waals surface area contributed by atoms with Gasteiger partial charge in [-0.1, -0.05) is 6.07 Å². The van der Waals surface area contributed by atoms with E-state index >= 15 is 0 Å². The third kappa shape index (κ3) is 2.65. The van der Waals surface area contributed by atoms with E-state index in [0.29, 0.717) is 12.4 Å². The number of rotatable bonds is 3. The highest BCUT2D eigenvalue weighted by Crippen LogP contribution is 2.17. The predicted molar refractivity (Wildman–Crippen MR) is 67.5 cm³/mol. The van der Waals surface area contributed by atoms with Gasteiger partial charge in [0, 0.05) is 18.6 Å². The zero-order chi connectivity index (χ0) is 12.3. The molecule has 2 rings (SSSR count). The maximum atomic E-state index is 5.48. The SMILES string of the molecule is Cc1cnc(-c2ncc(CCN)cn2)c(C)c1. The van der Waals surface area contributed by atoms with Crippen LogP contribution in [0.25, 0.3) is 11.5 Å². The topological polar surface area (TPSA) is 64.7 Å². The summed E-state index contributed by atoms with van der Waals surface area (Å²) in [7, 11) is 0. The van der Waals surface area contributed by atoms with Crippen LogP contribution in [0.4, 0.5) is 0 Å². The van der Waals surface area contributed by atoms with Gasteiger partial charge < -0.3 is 5.73 Å². The minimum Gasteiger partial charge on any atom is -0.330 e. The van der Waals surface area contributed by atoms with Gasteiger partial charge in [0.1, 0.15) is 5.69 Å². The molecule has 0 atom stereocenters. The van der Waals surface area contributed by atoms with Gasteiger partial charge >= 0.3 is 0 Å². The molecule has 2 aromatic heterocycles. The molecule has 0 fully saturated rings. The van der Waals surface area contributed by atoms with E-state index in [-0.39, 0.29) is 0 Å². The molecule has 88 valence electrons. The van der Waals surface area contributed by atoms with Crippen molar-refractivity contribution in [3.8, 4) is 11.5 Å². The highest BCUT2D eigenvalue weighted by molar-refractivity contribution is 5.54. The molecule has 17 heavy (non-hydrogen) atoms. The van der Waals surface area contributed by atoms with Gasteiger partial charge in [0.05, 0.1) is 0 Å². The normalized spacial score (nSPS) is 10.5. The summed E-state index contributed by atoms with van der Waals surface area (Å²) >= 11 is 0. The second-order valence-corrected chi connectivity index (χ2v) is 4.13. The molecule has 2 heterocycles. The van der Waals surface area contributed by atoms with Crippen LogP contribution >= 0.6 is 0 Å². The molecule has 2 N–H and O–H groups in total. The summed E-state index contributed by atoms with van der Waals surface area (Å²) < 4.78 is 0. The summed E-state index contributed by atoms with van der Waals surface area (Å²) in [5, 5.41) is 0. The first-order valence-electron chi connectivity index (χ1n) is 5.65. The Morgan fingerprint density at radius 3 is 2.35 bits per heavy atom. The molecule has 4 nitrogen and oxygen atoms in total. The van der Waals surface area contributed by atoms with Crippen molar-refractivity contribution in [1.29, 1.82) is 0 Å². The number of aryl methyl sites for hydroxylation is 2. The zero-order valence-corrected chi connectivity index (χ0v) is 10.1. The van der Waals surface area contributed by atoms with E-state index in [0.717, 1.165) is 28.8 Å². The van der Waals surface area contributed by atoms with Crippen LogP contribution < -0.4 is 5.73 Å². The molecule has 0 bridgehead atoms. The van der Waals surface area contributed by atoms with Gasteiger partial charge in [-0.3, -0.25) is 4.98 Å². The van der Waals surface area contributed by atoms with Gasteiger partial charge in [0.15, 0.2) is 5.82 Å². The maximum absolute atomic E-state index is 5.48. The first kappa shape index (κ1) is 11.7. The number of hydrogen-bond acceptors (Lipinski definition) is 4. The number of hydrogen-bond donors (Lipinski definition) is 1. The molecule has 0 radical (unpaired) electrons. The highest BCUT2D eigenvalue weighted by atomic mass is 14.9. The largest absolute Gasteiger partial charge is 0.330 e. The maximum Gasteiger partial charge on any atom is 0.178 e. The van der Waals surface area contributed by atoms with Gasteiger partial charge in [0.25, 0.3) is 0 Å². The second kappa shape index (κ2) is 5.01. The smallest absolute Gasteiger partial charge is 0.178 e. The lowest BCUT2D eigenvalue weighted by Gasteiger charge is -2.05. The number of nitrogens with zero attached hydrogens (tertiary/aromatic N) is 3. The summed E-state index contributed by atoms with van der Waals surface area (Å²) in [5.41, 5.74) is 9.62. The molecule has 0 aliphatic carbocycles. The monoisotopic (exact) mass is 228 g/mol. The van der Waals surface area contributed by atoms with E-state index in [1.807, 2.05) is 32.4 Å². The Bertz CT molecular complexity index is 505. The van der Waals surface area contributed by atoms with Crippen LogP contribution in [0.3, 0.4) is 0 Å². The Morgan fingerprint density at radius 2 is 1.76 bits per heavy atom. The Kier molecular flexibility index (Phi) is 3.44. The van der Waals surface area contributed by atoms with Crippen molar-refractivity contribution in [2.24, 2.45) is 5.73 Å². The first-order valence-corrected chi connectivity index (χ1v) is 5.65. The van der Waals surface area contributed by atoms with Gasteiger partial charge in [-0.05, 0) is 43.5 Å². The first-order chi connectivity index (χ1) is 8.20. The minimum absolute atomic E-state index is 0.616. The van der Waals surface area contributed by atoms with Crippen molar-refractivity contribution >= 4 is 0 Å². The van der Waals surface area contributed by atoms with Crippen molar-refractivity contribution in [2.75, 3.05) is 6.54 Å². The van der Waals surface area contributed by atoms with E-state index < -0.39 is 0 Å². The minimum atomic E-state index is 0.616. The fraction of sp³-hybridized carbons (Fsp3) is 0.308. The van der Waals surface area contributed by atoms with Crippen molar-refractivity contribution in [2.45, 2.75) is 20.3 Å². The summed E-state index contributed by atoms with van der Waals surface area (Å²) in [5.74, 6) is 0.670. The number of aromatic nitrogens is 3. The van der Waals surface area contributed by atoms with Crippen LogP contribution in [0, 0.1) is 13.8 Å². The third-order valence-electron chi connectivity index (χ3n) is 2.57. The van der Waals surface area contributed by atoms with E-state index in [4.69, 9.17) is 5.73 Å². The van der Waals surface area contributed by atoms with Gasteiger partial charge in [-0.25, -0.2) is 9.97 Å². The number of nitrogens with two attached hydrogens (primary N) is 1. The van der Waals surface area contributed by atoms with Crippen molar-refractivity contribution in [1.82, 2.24) is 15.0 Å². The molecule has 0 saturated carbocycles. The van der Waals surface area contributed by atoms with Gasteiger partial charge in [-0.15, -0.1) is 0 Å². The van der Waals surface area contributed by atoms with Gasteiger partial charge in [0.2, 0.25) is 0 Å². The molecule has 0 aromatic carbocycles. The van der Waals surface area contributed by atoms with Gasteiger partial charge in [-0.2, -0.15) is 0 Å². The van der Waals surface area contributed by atoms with Crippen molar-refractivity contribution in [3.63, 3.8) is 0 Å². The summed E-state index contributed by atoms with van der Waals surface area (Å²) in [4.78, 5) is 13.0. The Morgan fingerprint density at radius 1 is 1.06 bits per heavy atom. The third-order valence-corrected chi connectivity index (χ3v) is 2.57. The van der Waals surface area contributed by atoms with Crippen LogP contribution in [-0.4, -0.2) is 21.5 Å². The zero-order valence-electron chi connectivity index (χ0n) is 10.1. The molecular formula is C13H16N4. The fourth-order valence-electron chi connectivity index (χ4n) is 1.72. The quantitative estimate of drug-likeness (QED) is 0.867. The second-order valence-electron chi connectivity index (χ2n) is 4.13. The Hall–Kier alpha value is -1.81. The fourth-order valence-corrected chi connectivity index (χ4v) is 1.72. The van der Waals surface area contributed by atoms with Crippen molar-refractivity contribution in [3.05, 3.63) is 41.3 Å². The molecule has 0 aliphatic heterocycles. The molecule has 0 amide bonds. The van der Waals surface area contributed by atoms with E-state index in [1.54, 1.807) is 0 Å². The van der Waals surface area contributed by atoms with Crippen LogP contribution in [0.5, 0.6) is 0 Å². The highest BCUT2D eigenvalue weighted by Gasteiger charge is 2.06. The molecule has 0 unspecified atom stereocenters. The lowest BCUT2D eigenvalue weighted by Crippen LogP contribution is -2.04. The summed E-state index contributed by atoms with van der Waals surface area (Å²) in [6, 6.07) is 2.08. The molecule has 2 aromatic rings. The molecule has 0 aliphatic rings. The molecule has 0 spiro atoms. The summed E-state index contributed by atoms with van der Waals surface area (Å²) in [6.07, 6.45) is 6.27. The van der Waals surface area contributed by atoms with Crippen LogP contribution in [0.1, 0.15) is 16.7 Å². The van der Waals surface area contributed by atoms with E-state index in [9.17, 15) is 0 Å². The lowest BCUT2D eigenvalue weighted by atomic mass is 10.1. The average molecular weight is 228 g/mol. The van der Waals surface area contributed by atoms with Crippen molar-refractivity contribution < 1.29 is 0 Å².